The van der Waals surface area contributed by atoms with Crippen LogP contribution in [0.15, 0.2) is 51.2 Å². The molecule has 0 atom stereocenters. The van der Waals surface area contributed by atoms with Gasteiger partial charge in [0.25, 0.3) is 5.91 Å². The number of benzene rings is 1. The maximum atomic E-state index is 13.9. The molecule has 2 saturated carbocycles. The highest BCUT2D eigenvalue weighted by Gasteiger charge is 2.41. The highest BCUT2D eigenvalue weighted by Crippen LogP contribution is 2.38. The summed E-state index contributed by atoms with van der Waals surface area (Å²) in [4.78, 5) is 53.3. The number of nitrogens with zero attached hydrogens (tertiary/aromatic N) is 4. The molecule has 0 spiro atoms. The molecule has 2 fully saturated rings. The molecule has 4 bridgehead atoms. The Labute approximate surface area is 217 Å². The van der Waals surface area contributed by atoms with Gasteiger partial charge in [-0.25, -0.2) is 14.6 Å². The van der Waals surface area contributed by atoms with Gasteiger partial charge in [0.05, 0.1) is 17.0 Å². The molecule has 6 rings (SSSR count). The minimum absolute atomic E-state index is 0.0917. The molecule has 8 nitrogen and oxygen atoms in total. The number of anilines is 1. The summed E-state index contributed by atoms with van der Waals surface area (Å²) in [6.45, 7) is 1.95. The summed E-state index contributed by atoms with van der Waals surface area (Å²) in [5.41, 5.74) is 4.48. The van der Waals surface area contributed by atoms with Crippen molar-refractivity contribution >= 4 is 35.6 Å². The lowest BCUT2D eigenvalue weighted by molar-refractivity contribution is -0.112. The highest BCUT2D eigenvalue weighted by atomic mass is 16.2. The largest absolute Gasteiger partial charge is 0.348 e. The summed E-state index contributed by atoms with van der Waals surface area (Å²) >= 11 is 0. The van der Waals surface area contributed by atoms with Gasteiger partial charge in [-0.2, -0.15) is 4.99 Å². The van der Waals surface area contributed by atoms with Crippen LogP contribution in [-0.2, 0) is 4.79 Å². The van der Waals surface area contributed by atoms with E-state index in [0.717, 1.165) is 74.6 Å². The maximum absolute atomic E-state index is 13.9. The summed E-state index contributed by atoms with van der Waals surface area (Å²) in [5.74, 6) is -0.301. The van der Waals surface area contributed by atoms with E-state index in [9.17, 15) is 14.4 Å². The van der Waals surface area contributed by atoms with Gasteiger partial charge in [0.2, 0.25) is 0 Å². The van der Waals surface area contributed by atoms with Crippen LogP contribution < -0.4 is 5.32 Å². The first-order chi connectivity index (χ1) is 18.0. The van der Waals surface area contributed by atoms with Crippen molar-refractivity contribution in [3.05, 3.63) is 52.4 Å². The molecule has 1 aromatic carbocycles. The van der Waals surface area contributed by atoms with E-state index in [1.54, 1.807) is 16.0 Å². The van der Waals surface area contributed by atoms with E-state index in [0.29, 0.717) is 29.1 Å². The number of urea groups is 2. The molecule has 5 amide bonds. The predicted octanol–water partition coefficient (Wildman–Crippen LogP) is 5.87. The van der Waals surface area contributed by atoms with E-state index in [1.807, 2.05) is 31.2 Å². The van der Waals surface area contributed by atoms with Crippen LogP contribution in [0.1, 0.15) is 81.8 Å². The number of nitrogens with one attached hydrogen (secondary N) is 1. The molecule has 0 radical (unpaired) electrons. The van der Waals surface area contributed by atoms with E-state index in [-0.39, 0.29) is 24.0 Å². The quantitative estimate of drug-likeness (QED) is 0.551. The number of rotatable bonds is 2. The molecule has 0 saturated heterocycles. The van der Waals surface area contributed by atoms with Gasteiger partial charge < -0.3 is 5.32 Å². The fourth-order valence-electron chi connectivity index (χ4n) is 6.53. The smallest absolute Gasteiger partial charge is 0.322 e. The van der Waals surface area contributed by atoms with Crippen molar-refractivity contribution in [3.8, 4) is 0 Å². The van der Waals surface area contributed by atoms with Crippen molar-refractivity contribution in [2.24, 2.45) is 9.98 Å². The van der Waals surface area contributed by atoms with E-state index in [1.165, 1.54) is 6.42 Å². The zero-order valence-electron chi connectivity index (χ0n) is 21.3. The van der Waals surface area contributed by atoms with Crippen molar-refractivity contribution in [2.45, 2.75) is 89.6 Å². The Morgan fingerprint density at radius 3 is 2.22 bits per heavy atom. The number of hydrogen-bond acceptors (Lipinski definition) is 3. The zero-order chi connectivity index (χ0) is 25.5. The zero-order valence-corrected chi connectivity index (χ0v) is 21.3. The Kier molecular flexibility index (Phi) is 6.26. The Morgan fingerprint density at radius 2 is 1.51 bits per heavy atom. The van der Waals surface area contributed by atoms with Crippen molar-refractivity contribution in [1.82, 2.24) is 9.80 Å². The Balaban J connectivity index is 1.51. The molecular weight excluding hydrogens is 466 g/mol. The normalized spacial score (nSPS) is 23.3. The van der Waals surface area contributed by atoms with Gasteiger partial charge >= 0.3 is 12.1 Å². The lowest BCUT2D eigenvalue weighted by Gasteiger charge is -2.42. The number of carbonyl (C=O) groups is 3. The summed E-state index contributed by atoms with van der Waals surface area (Å²) in [6.07, 6.45) is 13.9. The van der Waals surface area contributed by atoms with Crippen molar-refractivity contribution in [3.63, 3.8) is 0 Å². The minimum atomic E-state index is -0.418. The van der Waals surface area contributed by atoms with Crippen molar-refractivity contribution < 1.29 is 14.4 Å². The van der Waals surface area contributed by atoms with Crippen molar-refractivity contribution in [1.29, 1.82) is 0 Å². The Bertz CT molecular complexity index is 1280. The predicted molar refractivity (Wildman–Crippen MR) is 143 cm³/mol. The van der Waals surface area contributed by atoms with E-state index >= 15 is 0 Å². The van der Waals surface area contributed by atoms with Crippen LogP contribution in [0.25, 0.3) is 0 Å². The lowest BCUT2D eigenvalue weighted by atomic mass is 9.88. The minimum Gasteiger partial charge on any atom is -0.322 e. The number of allylic oxidation sites excluding steroid dienone is 2. The standard InChI is InChI=1S/C29H33N5O3/c1-18-12-19-14-20(13-18)31-27(35)24-15-23-16-25(32-29(37)33(23)21-8-4-2-5-9-21)26(24)34(28(36)30-17-19)22-10-6-3-7-11-22/h12-15,17,21-22H,2-11,16H2,1H3,(H,31,35). The van der Waals surface area contributed by atoms with Gasteiger partial charge in [-0.1, -0.05) is 44.6 Å². The number of hydrogen-bond donors (Lipinski definition) is 1. The molecule has 37 heavy (non-hydrogen) atoms. The molecule has 3 aliphatic carbocycles. The summed E-state index contributed by atoms with van der Waals surface area (Å²) in [7, 11) is 0. The van der Waals surface area contributed by atoms with Crippen LogP contribution in [0.5, 0.6) is 0 Å². The van der Waals surface area contributed by atoms with Gasteiger partial charge in [-0.05, 0) is 61.9 Å². The van der Waals surface area contributed by atoms with Gasteiger partial charge in [0, 0.05) is 36.1 Å². The second kappa shape index (κ2) is 9.72. The van der Waals surface area contributed by atoms with Gasteiger partial charge in [0.1, 0.15) is 0 Å². The molecule has 2 heterocycles. The summed E-state index contributed by atoms with van der Waals surface area (Å²) < 4.78 is 0. The molecule has 5 aliphatic rings. The molecule has 192 valence electrons. The second-order valence-electron chi connectivity index (χ2n) is 10.9. The third kappa shape index (κ3) is 4.54. The molecule has 8 heteroatoms. The van der Waals surface area contributed by atoms with E-state index in [4.69, 9.17) is 0 Å². The van der Waals surface area contributed by atoms with E-state index < -0.39 is 6.03 Å². The first-order valence-corrected chi connectivity index (χ1v) is 13.6. The lowest BCUT2D eigenvalue weighted by Crippen LogP contribution is -2.48. The van der Waals surface area contributed by atoms with Gasteiger partial charge in [-0.3, -0.25) is 14.6 Å². The van der Waals surface area contributed by atoms with Gasteiger partial charge in [-0.15, -0.1) is 0 Å². The fourth-order valence-corrected chi connectivity index (χ4v) is 6.53. The first-order valence-electron chi connectivity index (χ1n) is 13.6. The molecule has 0 unspecified atom stereocenters. The molecule has 0 aromatic heterocycles. The third-order valence-electron chi connectivity index (χ3n) is 8.19. The molecule has 1 aromatic rings. The van der Waals surface area contributed by atoms with E-state index in [2.05, 4.69) is 15.3 Å². The molecule has 2 aliphatic heterocycles. The third-order valence-corrected chi connectivity index (χ3v) is 8.19. The number of amides is 5. The number of aryl methyl sites for hydroxylation is 1. The van der Waals surface area contributed by atoms with Gasteiger partial charge in [0.15, 0.2) is 0 Å². The van der Waals surface area contributed by atoms with Crippen LogP contribution in [0.2, 0.25) is 0 Å². The average molecular weight is 500 g/mol. The Morgan fingerprint density at radius 1 is 0.838 bits per heavy atom. The monoisotopic (exact) mass is 499 g/mol. The van der Waals surface area contributed by atoms with Crippen LogP contribution >= 0.6 is 0 Å². The first kappa shape index (κ1) is 23.8. The number of carbonyl (C=O) groups excluding carboxylic acids is 3. The fraction of sp³-hybridized carbons (Fsp3) is 0.483. The van der Waals surface area contributed by atoms with Crippen LogP contribution in [0.4, 0.5) is 15.3 Å². The Hall–Kier alpha value is -3.55. The highest BCUT2D eigenvalue weighted by molar-refractivity contribution is 6.20. The second-order valence-corrected chi connectivity index (χ2v) is 10.9. The van der Waals surface area contributed by atoms with Crippen LogP contribution in [-0.4, -0.2) is 51.8 Å². The van der Waals surface area contributed by atoms with Crippen LogP contribution in [0.3, 0.4) is 0 Å². The molecule has 1 N–H and O–H groups in total. The number of aliphatic imine (C=N–C) groups is 2. The summed E-state index contributed by atoms with van der Waals surface area (Å²) in [6, 6.07) is 4.96. The average Bonchev–Trinajstić information content (AvgIpc) is 2.90. The summed E-state index contributed by atoms with van der Waals surface area (Å²) in [5, 5.41) is 3.05. The topological polar surface area (TPSA) is 94.4 Å². The number of fused-ring (bicyclic) bond motifs is 5. The molecular formula is C29H33N5O3. The van der Waals surface area contributed by atoms with Crippen molar-refractivity contribution in [2.75, 3.05) is 5.32 Å². The van der Waals surface area contributed by atoms with Crippen LogP contribution in [0, 0.1) is 6.92 Å². The maximum Gasteiger partial charge on any atom is 0.348 e. The SMILES string of the molecule is Cc1cc2cc(c1)NC(=O)C1=C(C3=NC(=O)N(C4CCCCC4)C(=C1)C3)N(C1CCCCC1)C(=O)N=C2.